The molecule has 0 aliphatic rings. The Balaban J connectivity index is 3.04. The van der Waals surface area contributed by atoms with E-state index < -0.39 is 24.2 Å². The molecule has 1 heterocycles. The van der Waals surface area contributed by atoms with Gasteiger partial charge in [-0.25, -0.2) is 10.8 Å². The van der Waals surface area contributed by atoms with Gasteiger partial charge in [-0.3, -0.25) is 15.5 Å². The van der Waals surface area contributed by atoms with Crippen molar-refractivity contribution >= 4 is 17.5 Å². The average Bonchev–Trinajstić information content (AvgIpc) is 2.35. The molecule has 0 aliphatic carbocycles. The molecule has 0 saturated carbocycles. The van der Waals surface area contributed by atoms with Gasteiger partial charge in [-0.05, 0) is 0 Å². The van der Waals surface area contributed by atoms with Crippen molar-refractivity contribution in [3.8, 4) is 0 Å². The maximum absolute atomic E-state index is 10.7. The molecule has 1 rings (SSSR count). The first-order valence-corrected chi connectivity index (χ1v) is 4.58. The van der Waals surface area contributed by atoms with Gasteiger partial charge < -0.3 is 15.5 Å². The van der Waals surface area contributed by atoms with Crippen LogP contribution in [0.15, 0.2) is 6.20 Å². The highest BCUT2D eigenvalue weighted by Crippen LogP contribution is 2.22. The van der Waals surface area contributed by atoms with Crippen LogP contribution in [0.25, 0.3) is 0 Å². The Morgan fingerprint density at radius 1 is 1.53 bits per heavy atom. The van der Waals surface area contributed by atoms with Gasteiger partial charge in [0.25, 0.3) is 0 Å². The number of nitrogens with two attached hydrogens (primary N) is 1. The van der Waals surface area contributed by atoms with Crippen LogP contribution in [0.1, 0.15) is 0 Å². The molecule has 0 saturated heterocycles. The van der Waals surface area contributed by atoms with Crippen LogP contribution < -0.4 is 16.6 Å². The lowest BCUT2D eigenvalue weighted by Crippen LogP contribution is -2.29. The van der Waals surface area contributed by atoms with Crippen molar-refractivity contribution in [2.24, 2.45) is 5.84 Å². The maximum Gasteiger partial charge on any atom is 0.329 e. The summed E-state index contributed by atoms with van der Waals surface area (Å²) in [5, 5.41) is 30.9. The Bertz CT molecular complexity index is 396. The van der Waals surface area contributed by atoms with E-state index in [0.29, 0.717) is 0 Å². The van der Waals surface area contributed by atoms with Crippen molar-refractivity contribution in [2.75, 3.05) is 24.0 Å². The number of aliphatic hydroxyl groups excluding tert-OH is 2. The fourth-order valence-electron chi connectivity index (χ4n) is 1.03. The Hall–Kier alpha value is -2.04. The van der Waals surface area contributed by atoms with E-state index in [1.807, 2.05) is 0 Å². The molecule has 0 bridgehead atoms. The quantitative estimate of drug-likeness (QED) is 0.226. The first-order valence-electron chi connectivity index (χ1n) is 4.58. The van der Waals surface area contributed by atoms with E-state index in [1.165, 1.54) is 0 Å². The van der Waals surface area contributed by atoms with E-state index >= 15 is 0 Å². The fourth-order valence-corrected chi connectivity index (χ4v) is 1.03. The SMILES string of the molecule is NNc1ncc([N+](=O)[O-])c(NC(CO)CO)n1. The second-order valence-corrected chi connectivity index (χ2v) is 3.04. The molecular weight excluding hydrogens is 232 g/mol. The smallest absolute Gasteiger partial charge is 0.329 e. The number of aliphatic hydroxyl groups is 2. The third-order valence-corrected chi connectivity index (χ3v) is 1.88. The first kappa shape index (κ1) is 13.0. The summed E-state index contributed by atoms with van der Waals surface area (Å²) in [7, 11) is 0. The second-order valence-electron chi connectivity index (χ2n) is 3.04. The van der Waals surface area contributed by atoms with Crippen molar-refractivity contribution in [1.29, 1.82) is 0 Å². The number of nitro groups is 1. The number of nitrogens with zero attached hydrogens (tertiary/aromatic N) is 3. The summed E-state index contributed by atoms with van der Waals surface area (Å²) < 4.78 is 0. The third kappa shape index (κ3) is 3.21. The molecule has 0 aromatic carbocycles. The largest absolute Gasteiger partial charge is 0.394 e. The summed E-state index contributed by atoms with van der Waals surface area (Å²) in [4.78, 5) is 17.3. The van der Waals surface area contributed by atoms with Gasteiger partial charge in [-0.1, -0.05) is 0 Å². The number of hydrogen-bond acceptors (Lipinski definition) is 9. The van der Waals surface area contributed by atoms with Gasteiger partial charge in [0.2, 0.25) is 11.8 Å². The molecule has 0 atom stereocenters. The van der Waals surface area contributed by atoms with Crippen molar-refractivity contribution in [1.82, 2.24) is 9.97 Å². The topological polar surface area (TPSA) is 159 Å². The fraction of sp³-hybridized carbons (Fsp3) is 0.429. The number of rotatable bonds is 6. The second kappa shape index (κ2) is 5.89. The molecule has 0 spiro atoms. The van der Waals surface area contributed by atoms with E-state index in [2.05, 4.69) is 20.7 Å². The maximum atomic E-state index is 10.7. The molecule has 0 radical (unpaired) electrons. The molecule has 0 aliphatic heterocycles. The normalized spacial score (nSPS) is 10.4. The molecular formula is C7H12N6O4. The van der Waals surface area contributed by atoms with E-state index in [-0.39, 0.29) is 17.5 Å². The molecule has 17 heavy (non-hydrogen) atoms. The number of anilines is 2. The summed E-state index contributed by atoms with van der Waals surface area (Å²) in [6.45, 7) is -0.800. The minimum atomic E-state index is -0.755. The predicted octanol–water partition coefficient (Wildman–Crippen LogP) is -1.56. The highest BCUT2D eigenvalue weighted by molar-refractivity contribution is 5.57. The van der Waals surface area contributed by atoms with Crippen LogP contribution in [0.3, 0.4) is 0 Å². The highest BCUT2D eigenvalue weighted by Gasteiger charge is 2.19. The van der Waals surface area contributed by atoms with E-state index in [1.54, 1.807) is 0 Å². The van der Waals surface area contributed by atoms with Crippen LogP contribution in [0.5, 0.6) is 0 Å². The zero-order valence-corrected chi connectivity index (χ0v) is 8.70. The monoisotopic (exact) mass is 244 g/mol. The number of nitrogens with one attached hydrogen (secondary N) is 2. The summed E-state index contributed by atoms with van der Waals surface area (Å²) in [5.41, 5.74) is 1.75. The molecule has 0 unspecified atom stereocenters. The minimum absolute atomic E-state index is 0.0206. The molecule has 1 aromatic heterocycles. The van der Waals surface area contributed by atoms with Gasteiger partial charge >= 0.3 is 5.69 Å². The lowest BCUT2D eigenvalue weighted by atomic mass is 10.3. The average molecular weight is 244 g/mol. The minimum Gasteiger partial charge on any atom is -0.394 e. The van der Waals surface area contributed by atoms with Crippen molar-refractivity contribution in [2.45, 2.75) is 6.04 Å². The molecule has 6 N–H and O–H groups in total. The first-order chi connectivity index (χ1) is 8.12. The molecule has 1 aromatic rings. The van der Waals surface area contributed by atoms with Gasteiger partial charge in [0.15, 0.2) is 0 Å². The Labute approximate surface area is 95.6 Å². The summed E-state index contributed by atoms with van der Waals surface area (Å²) in [6.07, 6.45) is 0.969. The van der Waals surface area contributed by atoms with E-state index in [0.717, 1.165) is 6.20 Å². The number of hydrazine groups is 1. The van der Waals surface area contributed by atoms with Crippen molar-refractivity contribution < 1.29 is 15.1 Å². The van der Waals surface area contributed by atoms with Gasteiger partial charge in [0.1, 0.15) is 6.20 Å². The highest BCUT2D eigenvalue weighted by atomic mass is 16.6. The zero-order valence-electron chi connectivity index (χ0n) is 8.70. The predicted molar refractivity (Wildman–Crippen MR) is 58.1 cm³/mol. The number of aromatic nitrogens is 2. The summed E-state index contributed by atoms with van der Waals surface area (Å²) >= 11 is 0. The number of hydrogen-bond donors (Lipinski definition) is 5. The van der Waals surface area contributed by atoms with E-state index in [4.69, 9.17) is 16.1 Å². The van der Waals surface area contributed by atoms with Crippen molar-refractivity contribution in [3.63, 3.8) is 0 Å². The van der Waals surface area contributed by atoms with Gasteiger partial charge in [-0.15, -0.1) is 0 Å². The lowest BCUT2D eigenvalue weighted by Gasteiger charge is -2.14. The summed E-state index contributed by atoms with van der Waals surface area (Å²) in [6, 6.07) is -0.755. The molecule has 0 amide bonds. The van der Waals surface area contributed by atoms with Crippen LogP contribution >= 0.6 is 0 Å². The Morgan fingerprint density at radius 3 is 2.65 bits per heavy atom. The molecule has 10 nitrogen and oxygen atoms in total. The third-order valence-electron chi connectivity index (χ3n) is 1.88. The Morgan fingerprint density at radius 2 is 2.18 bits per heavy atom. The molecule has 0 fully saturated rings. The van der Waals surface area contributed by atoms with Crippen LogP contribution in [0.4, 0.5) is 17.5 Å². The van der Waals surface area contributed by atoms with Gasteiger partial charge in [0, 0.05) is 0 Å². The van der Waals surface area contributed by atoms with Crippen LogP contribution in [0.2, 0.25) is 0 Å². The zero-order chi connectivity index (χ0) is 12.8. The molecule has 94 valence electrons. The van der Waals surface area contributed by atoms with Crippen molar-refractivity contribution in [3.05, 3.63) is 16.3 Å². The van der Waals surface area contributed by atoms with Gasteiger partial charge in [-0.2, -0.15) is 4.98 Å². The molecule has 10 heteroatoms. The lowest BCUT2D eigenvalue weighted by molar-refractivity contribution is -0.384. The van der Waals surface area contributed by atoms with E-state index in [9.17, 15) is 10.1 Å². The summed E-state index contributed by atoms with van der Waals surface area (Å²) in [5.74, 6) is 4.92. The number of nitrogen functional groups attached to an aromatic ring is 1. The van der Waals surface area contributed by atoms with Gasteiger partial charge in [0.05, 0.1) is 24.2 Å². The van der Waals surface area contributed by atoms with Crippen LogP contribution in [-0.4, -0.2) is 44.4 Å². The van der Waals surface area contributed by atoms with Crippen LogP contribution in [0, 0.1) is 10.1 Å². The standard InChI is InChI=1S/C7H12N6O4/c8-12-7-9-1-5(13(16)17)6(11-7)10-4(2-14)3-15/h1,4,14-15H,2-3,8H2,(H2,9,10,11,12). The Kier molecular flexibility index (Phi) is 4.51. The van der Waals surface area contributed by atoms with Crippen LogP contribution in [-0.2, 0) is 0 Å².